The molecule has 7 heteroatoms. The van der Waals surface area contributed by atoms with E-state index in [1.165, 1.54) is 22.5 Å². The standard InChI is InChI=1S/C17H25ClN2O3S/c1-3-19(4-2)17(21)15-13-14(9-10-16(15)18)24(22,23)20-11-7-5-6-8-12-20/h9-10,13H,3-8,11-12H2,1-2H3. The van der Waals surface area contributed by atoms with E-state index in [0.29, 0.717) is 26.2 Å². The number of sulfonamides is 1. The first-order valence-corrected chi connectivity index (χ1v) is 10.3. The van der Waals surface area contributed by atoms with Gasteiger partial charge in [0.2, 0.25) is 10.0 Å². The van der Waals surface area contributed by atoms with E-state index in [4.69, 9.17) is 11.6 Å². The number of hydrogen-bond donors (Lipinski definition) is 0. The topological polar surface area (TPSA) is 57.7 Å². The van der Waals surface area contributed by atoms with E-state index in [0.717, 1.165) is 25.7 Å². The monoisotopic (exact) mass is 372 g/mol. The van der Waals surface area contributed by atoms with Crippen LogP contribution in [0.25, 0.3) is 0 Å². The van der Waals surface area contributed by atoms with Crippen LogP contribution >= 0.6 is 11.6 Å². The fourth-order valence-electron chi connectivity index (χ4n) is 2.94. The van der Waals surface area contributed by atoms with Gasteiger partial charge in [-0.3, -0.25) is 4.79 Å². The van der Waals surface area contributed by atoms with Crippen LogP contribution in [-0.2, 0) is 10.0 Å². The quantitative estimate of drug-likeness (QED) is 0.796. The lowest BCUT2D eigenvalue weighted by Gasteiger charge is -2.22. The van der Waals surface area contributed by atoms with Crippen molar-refractivity contribution in [3.63, 3.8) is 0 Å². The number of rotatable bonds is 5. The Hall–Kier alpha value is -1.11. The predicted molar refractivity (Wildman–Crippen MR) is 95.9 cm³/mol. The highest BCUT2D eigenvalue weighted by molar-refractivity contribution is 7.89. The lowest BCUT2D eigenvalue weighted by atomic mass is 10.2. The Bertz CT molecular complexity index is 679. The van der Waals surface area contributed by atoms with Gasteiger partial charge in [0, 0.05) is 26.2 Å². The Morgan fingerprint density at radius 1 is 1.12 bits per heavy atom. The van der Waals surface area contributed by atoms with Crippen molar-refractivity contribution in [1.29, 1.82) is 0 Å². The van der Waals surface area contributed by atoms with E-state index < -0.39 is 10.0 Å². The molecule has 0 saturated carbocycles. The molecule has 1 saturated heterocycles. The predicted octanol–water partition coefficient (Wildman–Crippen LogP) is 3.39. The van der Waals surface area contributed by atoms with Crippen LogP contribution in [0.1, 0.15) is 49.9 Å². The average Bonchev–Trinajstić information content (AvgIpc) is 2.86. The molecule has 5 nitrogen and oxygen atoms in total. The summed E-state index contributed by atoms with van der Waals surface area (Å²) in [4.78, 5) is 14.3. The number of carbonyl (C=O) groups is 1. The van der Waals surface area contributed by atoms with Gasteiger partial charge in [-0.25, -0.2) is 8.42 Å². The van der Waals surface area contributed by atoms with E-state index in [1.807, 2.05) is 13.8 Å². The first-order chi connectivity index (χ1) is 11.4. The van der Waals surface area contributed by atoms with E-state index in [9.17, 15) is 13.2 Å². The fraction of sp³-hybridized carbons (Fsp3) is 0.588. The second kappa shape index (κ2) is 8.32. The van der Waals surface area contributed by atoms with Gasteiger partial charge < -0.3 is 4.90 Å². The molecule has 1 aliphatic rings. The van der Waals surface area contributed by atoms with Gasteiger partial charge >= 0.3 is 0 Å². The number of nitrogens with zero attached hydrogens (tertiary/aromatic N) is 2. The summed E-state index contributed by atoms with van der Waals surface area (Å²) in [6.07, 6.45) is 3.85. The number of halogens is 1. The van der Waals surface area contributed by atoms with Crippen molar-refractivity contribution in [3.05, 3.63) is 28.8 Å². The van der Waals surface area contributed by atoms with E-state index in [2.05, 4.69) is 0 Å². The maximum absolute atomic E-state index is 12.9. The number of benzene rings is 1. The van der Waals surface area contributed by atoms with Crippen molar-refractivity contribution < 1.29 is 13.2 Å². The van der Waals surface area contributed by atoms with Crippen LogP contribution in [0.2, 0.25) is 5.02 Å². The van der Waals surface area contributed by atoms with Crippen LogP contribution in [0.15, 0.2) is 23.1 Å². The lowest BCUT2D eigenvalue weighted by Crippen LogP contribution is -2.33. The minimum atomic E-state index is -3.59. The molecule has 24 heavy (non-hydrogen) atoms. The van der Waals surface area contributed by atoms with Crippen molar-refractivity contribution in [2.45, 2.75) is 44.4 Å². The molecule has 1 heterocycles. The molecule has 0 aromatic heterocycles. The molecular weight excluding hydrogens is 348 g/mol. The molecule has 0 N–H and O–H groups in total. The number of carbonyl (C=O) groups excluding carboxylic acids is 1. The van der Waals surface area contributed by atoms with Crippen molar-refractivity contribution >= 4 is 27.5 Å². The maximum Gasteiger partial charge on any atom is 0.255 e. The molecule has 0 spiro atoms. The third-order valence-electron chi connectivity index (χ3n) is 4.42. The van der Waals surface area contributed by atoms with Crippen LogP contribution in [0.5, 0.6) is 0 Å². The van der Waals surface area contributed by atoms with E-state index >= 15 is 0 Å². The second-order valence-electron chi connectivity index (χ2n) is 5.94. The van der Waals surface area contributed by atoms with Gasteiger partial charge in [-0.15, -0.1) is 0 Å². The molecular formula is C17H25ClN2O3S. The first kappa shape index (κ1) is 19.2. The van der Waals surface area contributed by atoms with Gasteiger partial charge in [0.25, 0.3) is 5.91 Å². The molecule has 0 atom stereocenters. The van der Waals surface area contributed by atoms with Crippen molar-refractivity contribution in [1.82, 2.24) is 9.21 Å². The molecule has 1 amide bonds. The Morgan fingerprint density at radius 2 is 1.71 bits per heavy atom. The van der Waals surface area contributed by atoms with Crippen LogP contribution in [0.4, 0.5) is 0 Å². The zero-order valence-electron chi connectivity index (χ0n) is 14.3. The molecule has 1 aromatic carbocycles. The van der Waals surface area contributed by atoms with Crippen molar-refractivity contribution in [3.8, 4) is 0 Å². The molecule has 2 rings (SSSR count). The highest BCUT2D eigenvalue weighted by Gasteiger charge is 2.27. The van der Waals surface area contributed by atoms with Gasteiger partial charge in [-0.1, -0.05) is 24.4 Å². The third-order valence-corrected chi connectivity index (χ3v) is 6.65. The molecule has 1 fully saturated rings. The van der Waals surface area contributed by atoms with Gasteiger partial charge in [-0.05, 0) is 44.9 Å². The molecule has 134 valence electrons. The van der Waals surface area contributed by atoms with Gasteiger partial charge in [0.15, 0.2) is 0 Å². The number of hydrogen-bond acceptors (Lipinski definition) is 3. The second-order valence-corrected chi connectivity index (χ2v) is 8.28. The highest BCUT2D eigenvalue weighted by atomic mass is 35.5. The number of amides is 1. The largest absolute Gasteiger partial charge is 0.339 e. The zero-order valence-corrected chi connectivity index (χ0v) is 15.9. The smallest absolute Gasteiger partial charge is 0.255 e. The Morgan fingerprint density at radius 3 is 2.25 bits per heavy atom. The molecule has 1 aliphatic heterocycles. The summed E-state index contributed by atoms with van der Waals surface area (Å²) in [5.74, 6) is -0.238. The summed E-state index contributed by atoms with van der Waals surface area (Å²) in [7, 11) is -3.59. The first-order valence-electron chi connectivity index (χ1n) is 8.50. The summed E-state index contributed by atoms with van der Waals surface area (Å²) in [6.45, 7) is 5.93. The van der Waals surface area contributed by atoms with E-state index in [-0.39, 0.29) is 21.4 Å². The summed E-state index contributed by atoms with van der Waals surface area (Å²) in [5.41, 5.74) is 0.247. The minimum absolute atomic E-state index is 0.143. The van der Waals surface area contributed by atoms with Gasteiger partial charge in [0.05, 0.1) is 15.5 Å². The molecule has 0 aliphatic carbocycles. The summed E-state index contributed by atoms with van der Waals surface area (Å²) in [6, 6.07) is 4.41. The Labute approximate surface area is 149 Å². The molecule has 0 unspecified atom stereocenters. The third kappa shape index (κ3) is 4.10. The fourth-order valence-corrected chi connectivity index (χ4v) is 4.68. The zero-order chi connectivity index (χ0) is 17.7. The maximum atomic E-state index is 12.9. The lowest BCUT2D eigenvalue weighted by molar-refractivity contribution is 0.0773. The summed E-state index contributed by atoms with van der Waals surface area (Å²) >= 11 is 6.16. The van der Waals surface area contributed by atoms with Crippen LogP contribution in [0, 0.1) is 0 Å². The van der Waals surface area contributed by atoms with E-state index in [1.54, 1.807) is 4.90 Å². The van der Waals surface area contributed by atoms with Gasteiger partial charge in [0.1, 0.15) is 0 Å². The normalized spacial score (nSPS) is 16.6. The minimum Gasteiger partial charge on any atom is -0.339 e. The van der Waals surface area contributed by atoms with Gasteiger partial charge in [-0.2, -0.15) is 4.31 Å². The SMILES string of the molecule is CCN(CC)C(=O)c1cc(S(=O)(=O)N2CCCCCC2)ccc1Cl. The highest BCUT2D eigenvalue weighted by Crippen LogP contribution is 2.25. The van der Waals surface area contributed by atoms with Crippen molar-refractivity contribution in [2.24, 2.45) is 0 Å². The Balaban J connectivity index is 2.37. The molecule has 1 aromatic rings. The molecule has 0 radical (unpaired) electrons. The molecule has 0 bridgehead atoms. The van der Waals surface area contributed by atoms with Crippen molar-refractivity contribution in [2.75, 3.05) is 26.2 Å². The Kier molecular flexibility index (Phi) is 6.66. The van der Waals surface area contributed by atoms with Crippen LogP contribution < -0.4 is 0 Å². The summed E-state index contributed by atoms with van der Waals surface area (Å²) < 4.78 is 27.3. The van der Waals surface area contributed by atoms with Crippen LogP contribution in [0.3, 0.4) is 0 Å². The summed E-state index contributed by atoms with van der Waals surface area (Å²) in [5, 5.41) is 0.279. The van der Waals surface area contributed by atoms with Crippen LogP contribution in [-0.4, -0.2) is 49.7 Å². The average molecular weight is 373 g/mol.